The van der Waals surface area contributed by atoms with Gasteiger partial charge >= 0.3 is 5.97 Å². The van der Waals surface area contributed by atoms with Gasteiger partial charge in [-0.2, -0.15) is 0 Å². The molecule has 4 nitrogen and oxygen atoms in total. The number of carbonyl (C=O) groups is 1. The number of nitrogen functional groups attached to an aromatic ring is 1. The van der Waals surface area contributed by atoms with Crippen molar-refractivity contribution in [3.8, 4) is 0 Å². The molecular weight excluding hydrogens is 252 g/mol. The number of rotatable bonds is 6. The van der Waals surface area contributed by atoms with Gasteiger partial charge in [-0.15, -0.1) is 0 Å². The first kappa shape index (κ1) is 16.3. The number of esters is 1. The van der Waals surface area contributed by atoms with E-state index in [9.17, 15) is 4.79 Å². The van der Waals surface area contributed by atoms with E-state index < -0.39 is 0 Å². The fourth-order valence-corrected chi connectivity index (χ4v) is 2.11. The van der Waals surface area contributed by atoms with Crippen LogP contribution in [0.4, 0.5) is 11.4 Å². The number of nitrogens with two attached hydrogens (primary N) is 1. The van der Waals surface area contributed by atoms with Crippen molar-refractivity contribution in [1.29, 1.82) is 0 Å². The van der Waals surface area contributed by atoms with Crippen LogP contribution in [0.1, 0.15) is 45.0 Å². The molecule has 0 radical (unpaired) electrons. The first-order valence-electron chi connectivity index (χ1n) is 7.20. The summed E-state index contributed by atoms with van der Waals surface area (Å²) in [4.78, 5) is 14.1. The Morgan fingerprint density at radius 3 is 2.45 bits per heavy atom. The molecule has 1 aromatic carbocycles. The van der Waals surface area contributed by atoms with Crippen molar-refractivity contribution in [2.45, 2.75) is 40.7 Å². The minimum absolute atomic E-state index is 0.304. The molecule has 0 saturated heterocycles. The smallest absolute Gasteiger partial charge is 0.338 e. The molecule has 0 saturated carbocycles. The van der Waals surface area contributed by atoms with Crippen LogP contribution in [0.15, 0.2) is 18.2 Å². The Hall–Kier alpha value is -1.71. The molecule has 0 aromatic heterocycles. The lowest BCUT2D eigenvalue weighted by Crippen LogP contribution is -2.34. The maximum Gasteiger partial charge on any atom is 0.338 e. The Labute approximate surface area is 121 Å². The van der Waals surface area contributed by atoms with Gasteiger partial charge in [0.1, 0.15) is 0 Å². The SMILES string of the molecule is CCOC(=O)c1ccc(N)c(N(CC(C)C)C(C)C)c1. The molecule has 1 aromatic rings. The third-order valence-electron chi connectivity index (χ3n) is 3.04. The normalized spacial score (nSPS) is 10.9. The van der Waals surface area contributed by atoms with E-state index in [2.05, 4.69) is 32.6 Å². The number of ether oxygens (including phenoxy) is 1. The van der Waals surface area contributed by atoms with Crippen molar-refractivity contribution in [2.24, 2.45) is 5.92 Å². The summed E-state index contributed by atoms with van der Waals surface area (Å²) in [5, 5.41) is 0. The second-order valence-corrected chi connectivity index (χ2v) is 5.63. The number of hydrogen-bond acceptors (Lipinski definition) is 4. The van der Waals surface area contributed by atoms with Crippen molar-refractivity contribution in [1.82, 2.24) is 0 Å². The summed E-state index contributed by atoms with van der Waals surface area (Å²) >= 11 is 0. The van der Waals surface area contributed by atoms with Crippen LogP contribution in [0.2, 0.25) is 0 Å². The Kier molecular flexibility index (Phi) is 5.86. The van der Waals surface area contributed by atoms with Gasteiger partial charge in [-0.25, -0.2) is 4.79 Å². The topological polar surface area (TPSA) is 55.6 Å². The van der Waals surface area contributed by atoms with Crippen molar-refractivity contribution in [2.75, 3.05) is 23.8 Å². The molecule has 0 aliphatic rings. The maximum absolute atomic E-state index is 11.8. The van der Waals surface area contributed by atoms with Gasteiger partial charge in [-0.3, -0.25) is 0 Å². The van der Waals surface area contributed by atoms with Crippen molar-refractivity contribution < 1.29 is 9.53 Å². The van der Waals surface area contributed by atoms with Gasteiger partial charge in [0.25, 0.3) is 0 Å². The lowest BCUT2D eigenvalue weighted by atomic mass is 10.1. The molecule has 112 valence electrons. The summed E-state index contributed by atoms with van der Waals surface area (Å²) in [6.07, 6.45) is 0. The third-order valence-corrected chi connectivity index (χ3v) is 3.04. The van der Waals surface area contributed by atoms with Crippen molar-refractivity contribution >= 4 is 17.3 Å². The molecule has 0 aliphatic carbocycles. The van der Waals surface area contributed by atoms with E-state index in [0.29, 0.717) is 29.8 Å². The van der Waals surface area contributed by atoms with Gasteiger partial charge in [0.05, 0.1) is 23.5 Å². The molecule has 2 N–H and O–H groups in total. The van der Waals surface area contributed by atoms with Crippen LogP contribution >= 0.6 is 0 Å². The van der Waals surface area contributed by atoms with E-state index in [4.69, 9.17) is 10.5 Å². The van der Waals surface area contributed by atoms with Gasteiger partial charge < -0.3 is 15.4 Å². The number of carbonyl (C=O) groups excluding carboxylic acids is 1. The molecular formula is C16H26N2O2. The Morgan fingerprint density at radius 1 is 1.30 bits per heavy atom. The van der Waals surface area contributed by atoms with E-state index in [0.717, 1.165) is 12.2 Å². The second kappa shape index (κ2) is 7.17. The summed E-state index contributed by atoms with van der Waals surface area (Å²) in [5.41, 5.74) is 8.22. The van der Waals surface area contributed by atoms with Gasteiger partial charge in [0.2, 0.25) is 0 Å². The summed E-state index contributed by atoms with van der Waals surface area (Å²) in [6, 6.07) is 5.63. The zero-order valence-corrected chi connectivity index (χ0v) is 13.1. The number of hydrogen-bond donors (Lipinski definition) is 1. The summed E-state index contributed by atoms with van der Waals surface area (Å²) < 4.78 is 5.05. The molecule has 0 amide bonds. The van der Waals surface area contributed by atoms with Crippen LogP contribution in [-0.4, -0.2) is 25.2 Å². The third kappa shape index (κ3) is 4.15. The fourth-order valence-electron chi connectivity index (χ4n) is 2.11. The molecule has 0 aliphatic heterocycles. The lowest BCUT2D eigenvalue weighted by Gasteiger charge is -2.32. The van der Waals surface area contributed by atoms with Crippen LogP contribution in [0, 0.1) is 5.92 Å². The summed E-state index contributed by atoms with van der Waals surface area (Å²) in [7, 11) is 0. The highest BCUT2D eigenvalue weighted by molar-refractivity contribution is 5.92. The number of nitrogens with zero attached hydrogens (tertiary/aromatic N) is 1. The average Bonchev–Trinajstić information content (AvgIpc) is 2.36. The second-order valence-electron chi connectivity index (χ2n) is 5.63. The first-order chi connectivity index (χ1) is 9.36. The molecule has 0 spiro atoms. The quantitative estimate of drug-likeness (QED) is 0.640. The highest BCUT2D eigenvalue weighted by Gasteiger charge is 2.17. The molecule has 4 heteroatoms. The molecule has 0 fully saturated rings. The highest BCUT2D eigenvalue weighted by Crippen LogP contribution is 2.27. The standard InChI is InChI=1S/C16H26N2O2/c1-6-20-16(19)13-7-8-14(17)15(9-13)18(12(4)5)10-11(2)3/h7-9,11-12H,6,10,17H2,1-5H3. The molecule has 20 heavy (non-hydrogen) atoms. The predicted octanol–water partition coefficient (Wildman–Crippen LogP) is 3.32. The molecule has 0 heterocycles. The molecule has 0 bridgehead atoms. The lowest BCUT2D eigenvalue weighted by molar-refractivity contribution is 0.0526. The molecule has 0 unspecified atom stereocenters. The van der Waals surface area contributed by atoms with E-state index in [1.165, 1.54) is 0 Å². The zero-order chi connectivity index (χ0) is 15.3. The van der Waals surface area contributed by atoms with Crippen LogP contribution in [0.5, 0.6) is 0 Å². The van der Waals surface area contributed by atoms with Crippen molar-refractivity contribution in [3.05, 3.63) is 23.8 Å². The van der Waals surface area contributed by atoms with Gasteiger partial charge in [0, 0.05) is 12.6 Å². The van der Waals surface area contributed by atoms with Gasteiger partial charge in [-0.05, 0) is 44.9 Å². The zero-order valence-electron chi connectivity index (χ0n) is 13.1. The molecule has 0 atom stereocenters. The summed E-state index contributed by atoms with van der Waals surface area (Å²) in [5.74, 6) is 0.213. The fraction of sp³-hybridized carbons (Fsp3) is 0.562. The van der Waals surface area contributed by atoms with Gasteiger partial charge in [0.15, 0.2) is 0 Å². The average molecular weight is 278 g/mol. The highest BCUT2D eigenvalue weighted by atomic mass is 16.5. The number of anilines is 2. The largest absolute Gasteiger partial charge is 0.462 e. The van der Waals surface area contributed by atoms with Gasteiger partial charge in [-0.1, -0.05) is 13.8 Å². The Bertz CT molecular complexity index is 456. The van der Waals surface area contributed by atoms with E-state index in [1.54, 1.807) is 19.1 Å². The van der Waals surface area contributed by atoms with Crippen LogP contribution in [0.25, 0.3) is 0 Å². The van der Waals surface area contributed by atoms with Crippen LogP contribution < -0.4 is 10.6 Å². The first-order valence-corrected chi connectivity index (χ1v) is 7.20. The predicted molar refractivity (Wildman–Crippen MR) is 84.1 cm³/mol. The van der Waals surface area contributed by atoms with E-state index >= 15 is 0 Å². The van der Waals surface area contributed by atoms with Crippen LogP contribution in [0.3, 0.4) is 0 Å². The molecule has 1 rings (SSSR count). The van der Waals surface area contributed by atoms with Crippen molar-refractivity contribution in [3.63, 3.8) is 0 Å². The minimum Gasteiger partial charge on any atom is -0.462 e. The van der Waals surface area contributed by atoms with Crippen LogP contribution in [-0.2, 0) is 4.74 Å². The van der Waals surface area contributed by atoms with E-state index in [1.807, 2.05) is 6.07 Å². The Balaban J connectivity index is 3.13. The number of benzene rings is 1. The monoisotopic (exact) mass is 278 g/mol. The minimum atomic E-state index is -0.304. The summed E-state index contributed by atoms with van der Waals surface area (Å²) in [6.45, 7) is 11.7. The van der Waals surface area contributed by atoms with E-state index in [-0.39, 0.29) is 5.97 Å². The maximum atomic E-state index is 11.8. The Morgan fingerprint density at radius 2 is 1.95 bits per heavy atom.